The maximum atomic E-state index is 4.19. The van der Waals surface area contributed by atoms with Crippen LogP contribution in [-0.4, -0.2) is 7.05 Å². The van der Waals surface area contributed by atoms with Gasteiger partial charge in [0.1, 0.15) is 0 Å². The van der Waals surface area contributed by atoms with E-state index in [2.05, 4.69) is 37.4 Å². The summed E-state index contributed by atoms with van der Waals surface area (Å²) in [5, 5.41) is 4.19. The fourth-order valence-electron chi connectivity index (χ4n) is 1.18. The molecular weight excluding hydrogens is 134 g/mol. The monoisotopic (exact) mass is 148 g/mol. The summed E-state index contributed by atoms with van der Waals surface area (Å²) in [5.74, 6) is 0.565. The van der Waals surface area contributed by atoms with Gasteiger partial charge in [0.15, 0.2) is 0 Å². The summed E-state index contributed by atoms with van der Waals surface area (Å²) in [7, 11) is 1.83. The molecule has 0 N–H and O–H groups in total. The molecule has 0 saturated carbocycles. The second-order valence-electron chi connectivity index (χ2n) is 2.94. The molecule has 0 heterocycles. The lowest BCUT2D eigenvalue weighted by Gasteiger charge is -2.21. The van der Waals surface area contributed by atoms with E-state index in [1.54, 1.807) is 0 Å². The fraction of sp³-hybridized carbons (Fsp3) is 0.400. The maximum absolute atomic E-state index is 4.19. The molecule has 11 heavy (non-hydrogen) atoms. The molecule has 1 aromatic carbocycles. The molecule has 0 aliphatic carbocycles. The Kier molecular flexibility index (Phi) is 2.53. The third-order valence-electron chi connectivity index (χ3n) is 1.80. The molecule has 1 nitrogen and oxygen atoms in total. The highest BCUT2D eigenvalue weighted by molar-refractivity contribution is 5.55. The summed E-state index contributed by atoms with van der Waals surface area (Å²) in [6, 6.07) is 8.26. The standard InChI is InChI=1S/C10H14N/c1-8(2)9-6-4-5-7-10(9)11-3/h4-8H,1-3H3/q-1. The topological polar surface area (TPSA) is 14.1 Å². The first-order valence-electron chi connectivity index (χ1n) is 3.94. The van der Waals surface area contributed by atoms with Crippen LogP contribution in [0.25, 0.3) is 5.32 Å². The van der Waals surface area contributed by atoms with Crippen molar-refractivity contribution in [1.29, 1.82) is 0 Å². The Bertz CT molecular complexity index is 228. The van der Waals surface area contributed by atoms with Gasteiger partial charge >= 0.3 is 0 Å². The fourth-order valence-corrected chi connectivity index (χ4v) is 1.18. The van der Waals surface area contributed by atoms with Crippen LogP contribution < -0.4 is 0 Å². The molecule has 1 aromatic rings. The first kappa shape index (κ1) is 8.12. The quantitative estimate of drug-likeness (QED) is 0.610. The Hall–Kier alpha value is -0.980. The highest BCUT2D eigenvalue weighted by Crippen LogP contribution is 2.27. The maximum Gasteiger partial charge on any atom is -0.0231 e. The molecular formula is C10H14N-. The van der Waals surface area contributed by atoms with Crippen LogP contribution in [0.2, 0.25) is 0 Å². The summed E-state index contributed by atoms with van der Waals surface area (Å²) in [4.78, 5) is 0. The molecule has 0 saturated heterocycles. The molecule has 0 bridgehead atoms. The van der Waals surface area contributed by atoms with Gasteiger partial charge in [0.05, 0.1) is 0 Å². The summed E-state index contributed by atoms with van der Waals surface area (Å²) in [5.41, 5.74) is 2.44. The third-order valence-corrected chi connectivity index (χ3v) is 1.80. The van der Waals surface area contributed by atoms with Crippen molar-refractivity contribution in [3.8, 4) is 0 Å². The molecule has 0 spiro atoms. The Labute approximate surface area is 68.4 Å². The van der Waals surface area contributed by atoms with E-state index < -0.39 is 0 Å². The highest BCUT2D eigenvalue weighted by Gasteiger charge is 1.97. The number of hydrogen-bond donors (Lipinski definition) is 0. The molecule has 1 rings (SSSR count). The number of benzene rings is 1. The van der Waals surface area contributed by atoms with Crippen LogP contribution in [0.5, 0.6) is 0 Å². The second-order valence-corrected chi connectivity index (χ2v) is 2.94. The van der Waals surface area contributed by atoms with E-state index in [9.17, 15) is 0 Å². The predicted octanol–water partition coefficient (Wildman–Crippen LogP) is 3.45. The van der Waals surface area contributed by atoms with Gasteiger partial charge in [-0.3, -0.25) is 0 Å². The van der Waals surface area contributed by atoms with E-state index in [0.29, 0.717) is 5.92 Å². The van der Waals surface area contributed by atoms with Gasteiger partial charge in [0.25, 0.3) is 0 Å². The van der Waals surface area contributed by atoms with E-state index in [0.717, 1.165) is 5.69 Å². The van der Waals surface area contributed by atoms with Crippen molar-refractivity contribution in [3.63, 3.8) is 0 Å². The van der Waals surface area contributed by atoms with Crippen molar-refractivity contribution in [2.75, 3.05) is 7.05 Å². The first-order valence-corrected chi connectivity index (χ1v) is 3.94. The van der Waals surface area contributed by atoms with E-state index in [4.69, 9.17) is 0 Å². The summed E-state index contributed by atoms with van der Waals surface area (Å²) in [6.07, 6.45) is 0. The van der Waals surface area contributed by atoms with Crippen molar-refractivity contribution in [3.05, 3.63) is 35.1 Å². The molecule has 60 valence electrons. The smallest absolute Gasteiger partial charge is 0.0231 e. The minimum Gasteiger partial charge on any atom is -0.687 e. The lowest BCUT2D eigenvalue weighted by molar-refractivity contribution is 0.870. The van der Waals surface area contributed by atoms with Crippen LogP contribution >= 0.6 is 0 Å². The minimum atomic E-state index is 0.565. The van der Waals surface area contributed by atoms with Gasteiger partial charge in [-0.25, -0.2) is 0 Å². The normalized spacial score (nSPS) is 10.2. The summed E-state index contributed by atoms with van der Waals surface area (Å²) >= 11 is 0. The van der Waals surface area contributed by atoms with Crippen LogP contribution in [0.1, 0.15) is 25.3 Å². The summed E-state index contributed by atoms with van der Waals surface area (Å²) < 4.78 is 0. The molecule has 0 amide bonds. The number of hydrogen-bond acceptors (Lipinski definition) is 0. The lowest BCUT2D eigenvalue weighted by Crippen LogP contribution is -1.86. The van der Waals surface area contributed by atoms with Crippen LogP contribution in [-0.2, 0) is 0 Å². The molecule has 0 unspecified atom stereocenters. The van der Waals surface area contributed by atoms with Gasteiger partial charge in [0, 0.05) is 0 Å². The largest absolute Gasteiger partial charge is 0.687 e. The average Bonchev–Trinajstić information content (AvgIpc) is 2.04. The molecule has 0 atom stereocenters. The van der Waals surface area contributed by atoms with Gasteiger partial charge in [-0.05, 0) is 5.92 Å². The second kappa shape index (κ2) is 3.42. The Morgan fingerprint density at radius 1 is 1.18 bits per heavy atom. The van der Waals surface area contributed by atoms with Gasteiger partial charge in [-0.15, -0.1) is 12.7 Å². The van der Waals surface area contributed by atoms with E-state index in [1.165, 1.54) is 5.56 Å². The Morgan fingerprint density at radius 2 is 1.82 bits per heavy atom. The van der Waals surface area contributed by atoms with E-state index in [-0.39, 0.29) is 0 Å². The Balaban J connectivity index is 3.02. The van der Waals surface area contributed by atoms with Crippen molar-refractivity contribution < 1.29 is 0 Å². The molecule has 0 fully saturated rings. The number of para-hydroxylation sites is 1. The molecule has 0 radical (unpaired) electrons. The van der Waals surface area contributed by atoms with Crippen LogP contribution in [0.15, 0.2) is 24.3 Å². The molecule has 0 aliphatic rings. The van der Waals surface area contributed by atoms with E-state index >= 15 is 0 Å². The zero-order valence-corrected chi connectivity index (χ0v) is 7.33. The third kappa shape index (κ3) is 1.73. The first-order chi connectivity index (χ1) is 5.25. The number of rotatable bonds is 2. The van der Waals surface area contributed by atoms with Crippen molar-refractivity contribution >= 4 is 5.69 Å². The van der Waals surface area contributed by atoms with Crippen molar-refractivity contribution in [1.82, 2.24) is 0 Å². The molecule has 1 heteroatoms. The Morgan fingerprint density at radius 3 is 2.27 bits per heavy atom. The predicted molar refractivity (Wildman–Crippen MR) is 49.5 cm³/mol. The van der Waals surface area contributed by atoms with Crippen LogP contribution in [0.4, 0.5) is 5.69 Å². The van der Waals surface area contributed by atoms with Crippen LogP contribution in [0, 0.1) is 0 Å². The SMILES string of the molecule is C[N-]c1ccccc1C(C)C. The zero-order chi connectivity index (χ0) is 8.27. The van der Waals surface area contributed by atoms with Gasteiger partial charge in [0.2, 0.25) is 0 Å². The van der Waals surface area contributed by atoms with Gasteiger partial charge in [-0.1, -0.05) is 43.7 Å². The van der Waals surface area contributed by atoms with Gasteiger partial charge < -0.3 is 5.32 Å². The molecule has 0 aliphatic heterocycles. The lowest BCUT2D eigenvalue weighted by atomic mass is 10.0. The average molecular weight is 148 g/mol. The van der Waals surface area contributed by atoms with Crippen molar-refractivity contribution in [2.45, 2.75) is 19.8 Å². The van der Waals surface area contributed by atoms with E-state index in [1.807, 2.05) is 13.1 Å². The summed E-state index contributed by atoms with van der Waals surface area (Å²) in [6.45, 7) is 4.37. The molecule has 0 aromatic heterocycles. The van der Waals surface area contributed by atoms with Crippen LogP contribution in [0.3, 0.4) is 0 Å². The van der Waals surface area contributed by atoms with Gasteiger partial charge in [-0.2, -0.15) is 0 Å². The number of nitrogens with zero attached hydrogens (tertiary/aromatic N) is 1. The minimum absolute atomic E-state index is 0.565. The zero-order valence-electron chi connectivity index (χ0n) is 7.33. The van der Waals surface area contributed by atoms with Crippen molar-refractivity contribution in [2.24, 2.45) is 0 Å². The highest BCUT2D eigenvalue weighted by atomic mass is 14.8.